The molecule has 1 atom stereocenters. The van der Waals surface area contributed by atoms with E-state index in [0.717, 1.165) is 64.4 Å². The Morgan fingerprint density at radius 2 is 1.58 bits per heavy atom. The third-order valence-corrected chi connectivity index (χ3v) is 10.5. The van der Waals surface area contributed by atoms with Gasteiger partial charge in [0.1, 0.15) is 5.82 Å². The minimum absolute atomic E-state index is 0.0341. The van der Waals surface area contributed by atoms with Gasteiger partial charge in [-0.25, -0.2) is 4.39 Å². The number of aryl methyl sites for hydroxylation is 1. The van der Waals surface area contributed by atoms with E-state index in [1.807, 2.05) is 65.7 Å². The molecule has 0 spiro atoms. The molecule has 7 rings (SSSR count). The summed E-state index contributed by atoms with van der Waals surface area (Å²) in [7, 11) is 0. The molecule has 0 bridgehead atoms. The zero-order valence-electron chi connectivity index (χ0n) is 30.1. The molecule has 53 heavy (non-hydrogen) atoms. The third kappa shape index (κ3) is 8.50. The quantitative estimate of drug-likeness (QED) is 0.107. The van der Waals surface area contributed by atoms with E-state index in [-0.39, 0.29) is 36.1 Å². The van der Waals surface area contributed by atoms with Gasteiger partial charge in [-0.15, -0.1) is 0 Å². The minimum Gasteiger partial charge on any atom is -0.361 e. The summed E-state index contributed by atoms with van der Waals surface area (Å²) in [4.78, 5) is 50.1. The van der Waals surface area contributed by atoms with Crippen molar-refractivity contribution < 1.29 is 18.8 Å². The van der Waals surface area contributed by atoms with Crippen molar-refractivity contribution in [1.29, 1.82) is 0 Å². The molecule has 9 nitrogen and oxygen atoms in total. The average molecular weight is 713 g/mol. The maximum atomic E-state index is 13.7. The van der Waals surface area contributed by atoms with Crippen molar-refractivity contribution in [1.82, 2.24) is 25.1 Å². The first-order valence-corrected chi connectivity index (χ1v) is 18.2. The molecule has 4 N–H and O–H groups in total. The topological polar surface area (TPSA) is 113 Å². The number of piperidine rings is 1. The number of aromatic amines is 2. The van der Waals surface area contributed by atoms with E-state index in [0.29, 0.717) is 36.7 Å². The van der Waals surface area contributed by atoms with Crippen molar-refractivity contribution in [2.45, 2.75) is 51.6 Å². The highest BCUT2D eigenvalue weighted by atomic mass is 19.1. The monoisotopic (exact) mass is 712 g/mol. The zero-order valence-corrected chi connectivity index (χ0v) is 30.1. The summed E-state index contributed by atoms with van der Waals surface area (Å²) >= 11 is 0. The van der Waals surface area contributed by atoms with Gasteiger partial charge >= 0.3 is 0 Å². The Labute approximate surface area is 308 Å². The predicted molar refractivity (Wildman–Crippen MR) is 207 cm³/mol. The number of fused-ring (bicyclic) bond motifs is 2. The number of likely N-dealkylation sites (tertiary alicyclic amines) is 1. The molecule has 1 aliphatic rings. The molecule has 4 aromatic carbocycles. The molecule has 2 aromatic heterocycles. The van der Waals surface area contributed by atoms with Crippen LogP contribution in [0.4, 0.5) is 10.1 Å². The van der Waals surface area contributed by atoms with Gasteiger partial charge in [0.15, 0.2) is 0 Å². The fraction of sp³-hybridized carbons (Fsp3) is 0.279. The number of carbonyl (C=O) groups excluding carboxylic acids is 3. The van der Waals surface area contributed by atoms with E-state index < -0.39 is 0 Å². The number of H-pyrrole nitrogens is 2. The Morgan fingerprint density at radius 3 is 2.36 bits per heavy atom. The largest absolute Gasteiger partial charge is 0.361 e. The van der Waals surface area contributed by atoms with Crippen LogP contribution in [0.25, 0.3) is 21.8 Å². The Balaban J connectivity index is 0.995. The van der Waals surface area contributed by atoms with E-state index >= 15 is 0 Å². The molecule has 272 valence electrons. The molecule has 0 saturated carbocycles. The van der Waals surface area contributed by atoms with Gasteiger partial charge < -0.3 is 25.5 Å². The number of benzene rings is 4. The second kappa shape index (κ2) is 15.9. The molecule has 0 radical (unpaired) electrons. The van der Waals surface area contributed by atoms with E-state index in [9.17, 15) is 18.8 Å². The lowest BCUT2D eigenvalue weighted by Gasteiger charge is -2.32. The number of rotatable bonds is 12. The number of amides is 3. The minimum atomic E-state index is -0.386. The van der Waals surface area contributed by atoms with Gasteiger partial charge in [0.25, 0.3) is 5.91 Å². The third-order valence-electron chi connectivity index (χ3n) is 10.5. The maximum Gasteiger partial charge on any atom is 0.255 e. The van der Waals surface area contributed by atoms with Gasteiger partial charge in [0, 0.05) is 65.5 Å². The van der Waals surface area contributed by atoms with Crippen LogP contribution in [-0.4, -0.2) is 69.7 Å². The number of aromatic nitrogens is 2. The highest BCUT2D eigenvalue weighted by Crippen LogP contribution is 2.34. The summed E-state index contributed by atoms with van der Waals surface area (Å²) in [5.41, 5.74) is 7.60. The normalized spacial score (nSPS) is 14.3. The summed E-state index contributed by atoms with van der Waals surface area (Å²) < 4.78 is 13.3. The van der Waals surface area contributed by atoms with Crippen molar-refractivity contribution in [2.24, 2.45) is 0 Å². The number of nitrogens with one attached hydrogen (secondary N) is 4. The summed E-state index contributed by atoms with van der Waals surface area (Å²) in [6.45, 7) is 6.33. The number of nitrogens with zero attached hydrogens (tertiary/aromatic N) is 2. The first-order chi connectivity index (χ1) is 25.7. The van der Waals surface area contributed by atoms with Crippen LogP contribution >= 0.6 is 0 Å². The van der Waals surface area contributed by atoms with Crippen LogP contribution in [-0.2, 0) is 22.6 Å². The van der Waals surface area contributed by atoms with Crippen LogP contribution in [0.15, 0.2) is 103 Å². The lowest BCUT2D eigenvalue weighted by Crippen LogP contribution is -2.49. The summed E-state index contributed by atoms with van der Waals surface area (Å²) in [5, 5.41) is 8.41. The number of anilines is 1. The van der Waals surface area contributed by atoms with Crippen LogP contribution in [0.3, 0.4) is 0 Å². The molecular weight excluding hydrogens is 668 g/mol. The highest BCUT2D eigenvalue weighted by molar-refractivity contribution is 6.05. The molecule has 0 aliphatic carbocycles. The van der Waals surface area contributed by atoms with E-state index in [1.54, 1.807) is 6.92 Å². The Morgan fingerprint density at radius 1 is 0.868 bits per heavy atom. The number of hydrogen-bond acceptors (Lipinski definition) is 4. The first kappa shape index (κ1) is 35.7. The van der Waals surface area contributed by atoms with Crippen LogP contribution in [0.5, 0.6) is 0 Å². The van der Waals surface area contributed by atoms with Gasteiger partial charge in [0.05, 0.1) is 12.6 Å². The summed E-state index contributed by atoms with van der Waals surface area (Å²) in [6, 6.07) is 27.2. The number of carbonyl (C=O) groups is 3. The lowest BCUT2D eigenvalue weighted by molar-refractivity contribution is -0.131. The molecule has 1 aliphatic heterocycles. The molecule has 1 fully saturated rings. The smallest absolute Gasteiger partial charge is 0.255 e. The SMILES string of the molecule is CC(=O)N(Cc1ccccc1C)C[C@@H](Cc1c[nH]c2ccccc12)NC(=O)CN1CCC(c2c[nH]c3ccc(NC(=O)c4ccc(F)cc4)cc23)CC1. The van der Waals surface area contributed by atoms with Crippen LogP contribution < -0.4 is 10.6 Å². The fourth-order valence-corrected chi connectivity index (χ4v) is 7.53. The molecule has 0 unspecified atom stereocenters. The average Bonchev–Trinajstić information content (AvgIpc) is 3.76. The van der Waals surface area contributed by atoms with Gasteiger partial charge in [-0.2, -0.15) is 0 Å². The number of para-hydroxylation sites is 1. The highest BCUT2D eigenvalue weighted by Gasteiger charge is 2.26. The fourth-order valence-electron chi connectivity index (χ4n) is 7.53. The number of halogens is 1. The van der Waals surface area contributed by atoms with Crippen molar-refractivity contribution in [3.8, 4) is 0 Å². The van der Waals surface area contributed by atoms with Crippen molar-refractivity contribution >= 4 is 45.2 Å². The second-order valence-electron chi connectivity index (χ2n) is 14.2. The Bertz CT molecular complexity index is 2230. The molecule has 1 saturated heterocycles. The first-order valence-electron chi connectivity index (χ1n) is 18.2. The molecule has 3 heterocycles. The van der Waals surface area contributed by atoms with Crippen molar-refractivity contribution in [3.63, 3.8) is 0 Å². The second-order valence-corrected chi connectivity index (χ2v) is 14.2. The Kier molecular flexibility index (Phi) is 10.7. The molecular formula is C43H45FN6O3. The van der Waals surface area contributed by atoms with Crippen molar-refractivity contribution in [2.75, 3.05) is 31.5 Å². The van der Waals surface area contributed by atoms with Gasteiger partial charge in [0.2, 0.25) is 11.8 Å². The van der Waals surface area contributed by atoms with Gasteiger partial charge in [-0.05, 0) is 116 Å². The van der Waals surface area contributed by atoms with E-state index in [1.165, 1.54) is 29.8 Å². The standard InChI is InChI=1S/C43H45FN6O3/c1-28-7-3-4-8-32(28)25-50(29(2)51)26-36(21-33-23-45-40-10-6-5-9-37(33)40)47-42(52)27-49-19-17-30(18-20-49)39-24-46-41-16-15-35(22-38(39)41)48-43(53)31-11-13-34(44)14-12-31/h3-16,22-24,30,36,45-46H,17-21,25-27H2,1-2H3,(H,47,52)(H,48,53)/t36-/m1/s1. The maximum absolute atomic E-state index is 13.7. The molecule has 3 amide bonds. The van der Waals surface area contributed by atoms with Gasteiger partial charge in [-0.3, -0.25) is 19.3 Å². The van der Waals surface area contributed by atoms with Crippen LogP contribution in [0.1, 0.15) is 58.3 Å². The summed E-state index contributed by atoms with van der Waals surface area (Å²) in [5.74, 6) is -0.472. The van der Waals surface area contributed by atoms with E-state index in [2.05, 4.69) is 50.8 Å². The van der Waals surface area contributed by atoms with Gasteiger partial charge in [-0.1, -0.05) is 42.5 Å². The Hall–Kier alpha value is -5.74. The van der Waals surface area contributed by atoms with Crippen LogP contribution in [0.2, 0.25) is 0 Å². The zero-order chi connectivity index (χ0) is 36.9. The molecule has 6 aromatic rings. The lowest BCUT2D eigenvalue weighted by atomic mass is 9.89. The number of hydrogen-bond donors (Lipinski definition) is 4. The van der Waals surface area contributed by atoms with Crippen molar-refractivity contribution in [3.05, 3.63) is 137 Å². The van der Waals surface area contributed by atoms with Crippen LogP contribution in [0, 0.1) is 12.7 Å². The predicted octanol–water partition coefficient (Wildman–Crippen LogP) is 7.30. The molecule has 10 heteroatoms. The van der Waals surface area contributed by atoms with E-state index in [4.69, 9.17) is 0 Å². The summed E-state index contributed by atoms with van der Waals surface area (Å²) in [6.07, 6.45) is 6.42.